The number of anilines is 1. The van der Waals surface area contributed by atoms with Gasteiger partial charge in [0.1, 0.15) is 5.69 Å². The van der Waals surface area contributed by atoms with E-state index >= 15 is 0 Å². The molecule has 0 aromatic carbocycles. The number of halogens is 3. The molecular formula is C14H19F3N4O. The number of hydrogen-bond donors (Lipinski definition) is 0. The summed E-state index contributed by atoms with van der Waals surface area (Å²) in [5.74, 6) is 0.0387. The quantitative estimate of drug-likeness (QED) is 0.839. The van der Waals surface area contributed by atoms with Gasteiger partial charge in [-0.3, -0.25) is 4.79 Å². The van der Waals surface area contributed by atoms with Gasteiger partial charge in [0, 0.05) is 38.3 Å². The normalized spacial score (nSPS) is 16.8. The van der Waals surface area contributed by atoms with E-state index in [0.29, 0.717) is 32.6 Å². The van der Waals surface area contributed by atoms with E-state index in [2.05, 4.69) is 9.97 Å². The highest BCUT2D eigenvalue weighted by atomic mass is 19.4. The zero-order chi connectivity index (χ0) is 16.3. The van der Waals surface area contributed by atoms with Crippen LogP contribution in [0.1, 0.15) is 26.0 Å². The van der Waals surface area contributed by atoms with E-state index < -0.39 is 11.9 Å². The van der Waals surface area contributed by atoms with Crippen LogP contribution in [-0.4, -0.2) is 47.0 Å². The maximum Gasteiger partial charge on any atom is 0.433 e. The Balaban J connectivity index is 2.10. The first-order chi connectivity index (χ1) is 10.3. The molecule has 1 aromatic heterocycles. The summed E-state index contributed by atoms with van der Waals surface area (Å²) in [6.07, 6.45) is -2.69. The van der Waals surface area contributed by atoms with Gasteiger partial charge in [0.05, 0.1) is 0 Å². The zero-order valence-corrected chi connectivity index (χ0v) is 12.6. The molecule has 1 amide bonds. The number of alkyl halides is 3. The molecule has 0 atom stereocenters. The molecule has 22 heavy (non-hydrogen) atoms. The molecule has 2 rings (SSSR count). The molecule has 0 radical (unpaired) electrons. The number of amides is 1. The molecule has 0 N–H and O–H groups in total. The summed E-state index contributed by atoms with van der Waals surface area (Å²) < 4.78 is 38.1. The van der Waals surface area contributed by atoms with Crippen LogP contribution in [0.5, 0.6) is 0 Å². The van der Waals surface area contributed by atoms with Crippen LogP contribution < -0.4 is 4.90 Å². The van der Waals surface area contributed by atoms with Gasteiger partial charge >= 0.3 is 6.18 Å². The van der Waals surface area contributed by atoms with E-state index in [-0.39, 0.29) is 17.8 Å². The molecule has 0 spiro atoms. The van der Waals surface area contributed by atoms with Crippen molar-refractivity contribution < 1.29 is 18.0 Å². The highest BCUT2D eigenvalue weighted by molar-refractivity contribution is 5.78. The number of rotatable bonds is 2. The molecule has 8 heteroatoms. The molecule has 122 valence electrons. The average molecular weight is 316 g/mol. The Morgan fingerprint density at radius 3 is 2.59 bits per heavy atom. The first-order valence-electron chi connectivity index (χ1n) is 7.23. The molecule has 1 aliphatic rings. The maximum absolute atomic E-state index is 12.7. The van der Waals surface area contributed by atoms with Gasteiger partial charge in [-0.1, -0.05) is 13.8 Å². The third-order valence-corrected chi connectivity index (χ3v) is 3.52. The molecule has 1 aromatic rings. The highest BCUT2D eigenvalue weighted by Crippen LogP contribution is 2.28. The van der Waals surface area contributed by atoms with E-state index in [4.69, 9.17) is 0 Å². The maximum atomic E-state index is 12.7. The molecule has 1 saturated heterocycles. The topological polar surface area (TPSA) is 49.3 Å². The van der Waals surface area contributed by atoms with Gasteiger partial charge in [-0.05, 0) is 12.5 Å². The Bertz CT molecular complexity index is 533. The predicted octanol–water partition coefficient (Wildman–Crippen LogP) is 2.19. The summed E-state index contributed by atoms with van der Waals surface area (Å²) in [5.41, 5.74) is -0.947. The van der Waals surface area contributed by atoms with Crippen LogP contribution in [0.15, 0.2) is 12.3 Å². The lowest BCUT2D eigenvalue weighted by Crippen LogP contribution is -2.37. The lowest BCUT2D eigenvalue weighted by atomic mass is 10.2. The van der Waals surface area contributed by atoms with Gasteiger partial charge in [0.2, 0.25) is 11.9 Å². The number of carbonyl (C=O) groups excluding carboxylic acids is 1. The van der Waals surface area contributed by atoms with Gasteiger partial charge < -0.3 is 9.80 Å². The van der Waals surface area contributed by atoms with Crippen molar-refractivity contribution >= 4 is 11.9 Å². The van der Waals surface area contributed by atoms with Crippen LogP contribution in [0.2, 0.25) is 0 Å². The fourth-order valence-corrected chi connectivity index (χ4v) is 2.36. The van der Waals surface area contributed by atoms with Crippen molar-refractivity contribution in [3.05, 3.63) is 18.0 Å². The predicted molar refractivity (Wildman–Crippen MR) is 75.3 cm³/mol. The molecule has 0 aliphatic carbocycles. The molecule has 1 fully saturated rings. The molecule has 2 heterocycles. The number of carbonyl (C=O) groups is 1. The van der Waals surface area contributed by atoms with E-state index in [1.54, 1.807) is 9.80 Å². The molecular weight excluding hydrogens is 297 g/mol. The second kappa shape index (κ2) is 6.50. The second-order valence-corrected chi connectivity index (χ2v) is 5.56. The van der Waals surface area contributed by atoms with E-state index in [0.717, 1.165) is 12.3 Å². The van der Waals surface area contributed by atoms with Crippen molar-refractivity contribution in [2.24, 2.45) is 5.92 Å². The molecule has 0 unspecified atom stereocenters. The van der Waals surface area contributed by atoms with Crippen molar-refractivity contribution in [2.75, 3.05) is 31.1 Å². The molecule has 1 aliphatic heterocycles. The van der Waals surface area contributed by atoms with Crippen molar-refractivity contribution in [1.29, 1.82) is 0 Å². The standard InChI is InChI=1S/C14H19F3N4O/c1-10(2)12(22)20-6-3-7-21(9-8-20)13-18-5-4-11(19-13)14(15,16)17/h4-5,10H,3,6-9H2,1-2H3. The van der Waals surface area contributed by atoms with Gasteiger partial charge in [-0.2, -0.15) is 13.2 Å². The van der Waals surface area contributed by atoms with E-state index in [1.807, 2.05) is 13.8 Å². The monoisotopic (exact) mass is 316 g/mol. The van der Waals surface area contributed by atoms with Gasteiger partial charge in [0.25, 0.3) is 0 Å². The average Bonchev–Trinajstić information content (AvgIpc) is 2.71. The van der Waals surface area contributed by atoms with Crippen molar-refractivity contribution in [3.8, 4) is 0 Å². The lowest BCUT2D eigenvalue weighted by Gasteiger charge is -2.23. The third kappa shape index (κ3) is 3.86. The fraction of sp³-hybridized carbons (Fsp3) is 0.643. The summed E-state index contributed by atoms with van der Waals surface area (Å²) in [4.78, 5) is 23.0. The minimum Gasteiger partial charge on any atom is -0.341 e. The summed E-state index contributed by atoms with van der Waals surface area (Å²) in [6, 6.07) is 0.857. The van der Waals surface area contributed by atoms with Crippen molar-refractivity contribution in [3.63, 3.8) is 0 Å². The summed E-state index contributed by atoms with van der Waals surface area (Å²) >= 11 is 0. The molecule has 0 bridgehead atoms. The largest absolute Gasteiger partial charge is 0.433 e. The lowest BCUT2D eigenvalue weighted by molar-refractivity contribution is -0.141. The SMILES string of the molecule is CC(C)C(=O)N1CCCN(c2nccc(C(F)(F)F)n2)CC1. The number of hydrogen-bond acceptors (Lipinski definition) is 4. The molecule has 0 saturated carbocycles. The van der Waals surface area contributed by atoms with Crippen LogP contribution in [0, 0.1) is 5.92 Å². The van der Waals surface area contributed by atoms with Gasteiger partial charge in [-0.25, -0.2) is 9.97 Å². The van der Waals surface area contributed by atoms with Crippen LogP contribution >= 0.6 is 0 Å². The Labute approximate surface area is 127 Å². The smallest absolute Gasteiger partial charge is 0.341 e. The van der Waals surface area contributed by atoms with Gasteiger partial charge in [-0.15, -0.1) is 0 Å². The van der Waals surface area contributed by atoms with Crippen molar-refractivity contribution in [2.45, 2.75) is 26.4 Å². The van der Waals surface area contributed by atoms with Crippen LogP contribution in [0.3, 0.4) is 0 Å². The van der Waals surface area contributed by atoms with Crippen molar-refractivity contribution in [1.82, 2.24) is 14.9 Å². The Morgan fingerprint density at radius 1 is 1.23 bits per heavy atom. The second-order valence-electron chi connectivity index (χ2n) is 5.56. The van der Waals surface area contributed by atoms with Crippen LogP contribution in [-0.2, 0) is 11.0 Å². The van der Waals surface area contributed by atoms with Crippen LogP contribution in [0.25, 0.3) is 0 Å². The fourth-order valence-electron chi connectivity index (χ4n) is 2.36. The minimum absolute atomic E-state index is 0.0619. The Morgan fingerprint density at radius 2 is 1.95 bits per heavy atom. The Kier molecular flexibility index (Phi) is 4.87. The van der Waals surface area contributed by atoms with Gasteiger partial charge in [0.15, 0.2) is 0 Å². The first kappa shape index (κ1) is 16.5. The summed E-state index contributed by atoms with van der Waals surface area (Å²) in [5, 5.41) is 0. The first-order valence-corrected chi connectivity index (χ1v) is 7.23. The summed E-state index contributed by atoms with van der Waals surface area (Å²) in [7, 11) is 0. The highest BCUT2D eigenvalue weighted by Gasteiger charge is 2.33. The van der Waals surface area contributed by atoms with E-state index in [1.165, 1.54) is 0 Å². The molecule has 5 nitrogen and oxygen atoms in total. The van der Waals surface area contributed by atoms with E-state index in [9.17, 15) is 18.0 Å². The third-order valence-electron chi connectivity index (χ3n) is 3.52. The van der Waals surface area contributed by atoms with Crippen LogP contribution in [0.4, 0.5) is 19.1 Å². The number of nitrogens with zero attached hydrogens (tertiary/aromatic N) is 4. The minimum atomic E-state index is -4.48. The summed E-state index contributed by atoms with van der Waals surface area (Å²) in [6.45, 7) is 5.70. The Hall–Kier alpha value is -1.86. The number of aromatic nitrogens is 2. The zero-order valence-electron chi connectivity index (χ0n) is 12.6.